The van der Waals surface area contributed by atoms with Gasteiger partial charge in [0.15, 0.2) is 11.0 Å². The number of benzene rings is 2. The van der Waals surface area contributed by atoms with Gasteiger partial charge in [0.2, 0.25) is 6.33 Å². The number of fused-ring (bicyclic) bond motifs is 1. The van der Waals surface area contributed by atoms with Crippen LogP contribution in [0.3, 0.4) is 0 Å². The molecule has 0 aliphatic heterocycles. The summed E-state index contributed by atoms with van der Waals surface area (Å²) in [4.78, 5) is 0. The van der Waals surface area contributed by atoms with Crippen molar-refractivity contribution in [3.05, 3.63) is 60.7 Å². The highest BCUT2D eigenvalue weighted by Crippen LogP contribution is 2.12. The van der Waals surface area contributed by atoms with Crippen LogP contribution in [0.4, 0.5) is 4.39 Å². The smallest absolute Gasteiger partial charge is 0.244 e. The summed E-state index contributed by atoms with van der Waals surface area (Å²) >= 11 is 0. The lowest BCUT2D eigenvalue weighted by Gasteiger charge is -2.10. The molecule has 0 bridgehead atoms. The van der Waals surface area contributed by atoms with Crippen molar-refractivity contribution in [2.75, 3.05) is 6.61 Å². The summed E-state index contributed by atoms with van der Waals surface area (Å²) in [7, 11) is 0. The Morgan fingerprint density at radius 3 is 2.65 bits per heavy atom. The van der Waals surface area contributed by atoms with Crippen molar-refractivity contribution >= 4 is 11.0 Å². The van der Waals surface area contributed by atoms with Gasteiger partial charge >= 0.3 is 0 Å². The molecule has 0 aliphatic carbocycles. The average Bonchev–Trinajstić information content (AvgIpc) is 2.92. The number of para-hydroxylation sites is 2. The molecule has 2 aromatic carbocycles. The van der Waals surface area contributed by atoms with Crippen LogP contribution in [0.15, 0.2) is 54.9 Å². The predicted octanol–water partition coefficient (Wildman–Crippen LogP) is 2.53. The van der Waals surface area contributed by atoms with E-state index in [2.05, 4.69) is 17.6 Å². The fourth-order valence-corrected chi connectivity index (χ4v) is 2.64. The lowest BCUT2D eigenvalue weighted by Crippen LogP contribution is -2.41. The lowest BCUT2D eigenvalue weighted by atomic mass is 10.3. The van der Waals surface area contributed by atoms with Gasteiger partial charge < -0.3 is 9.84 Å². The van der Waals surface area contributed by atoms with Crippen molar-refractivity contribution in [2.24, 2.45) is 0 Å². The third kappa shape index (κ3) is 3.51. The van der Waals surface area contributed by atoms with E-state index in [0.717, 1.165) is 17.6 Å². The summed E-state index contributed by atoms with van der Waals surface area (Å²) in [6, 6.07) is 13.9. The first-order chi connectivity index (χ1) is 11.2. The van der Waals surface area contributed by atoms with E-state index in [0.29, 0.717) is 12.3 Å². The number of hydrogen-bond acceptors (Lipinski definition) is 2. The molecule has 0 aliphatic rings. The molecular weight excluding hydrogens is 295 g/mol. The van der Waals surface area contributed by atoms with Crippen LogP contribution < -0.4 is 9.30 Å². The summed E-state index contributed by atoms with van der Waals surface area (Å²) in [5, 5.41) is 10.2. The van der Waals surface area contributed by atoms with E-state index in [9.17, 15) is 9.50 Å². The Balaban J connectivity index is 1.68. The van der Waals surface area contributed by atoms with Crippen LogP contribution in [0.5, 0.6) is 5.75 Å². The Morgan fingerprint density at radius 2 is 1.91 bits per heavy atom. The number of rotatable bonds is 6. The molecule has 0 unspecified atom stereocenters. The summed E-state index contributed by atoms with van der Waals surface area (Å²) in [6.45, 7) is 3.56. The van der Waals surface area contributed by atoms with Gasteiger partial charge in [-0.05, 0) is 43.3 Å². The molecule has 3 rings (SSSR count). The minimum Gasteiger partial charge on any atom is -0.491 e. The first-order valence-electron chi connectivity index (χ1n) is 7.71. The number of ether oxygens (including phenoxy) is 1. The van der Waals surface area contributed by atoms with E-state index in [1.807, 2.05) is 29.1 Å². The van der Waals surface area contributed by atoms with Crippen molar-refractivity contribution in [3.8, 4) is 5.75 Å². The molecule has 1 N–H and O–H groups in total. The summed E-state index contributed by atoms with van der Waals surface area (Å²) < 4.78 is 22.5. The maximum Gasteiger partial charge on any atom is 0.244 e. The molecule has 120 valence electrons. The molecule has 0 spiro atoms. The number of aryl methyl sites for hydroxylation is 1. The van der Waals surface area contributed by atoms with Crippen LogP contribution in [0.2, 0.25) is 0 Å². The minimum absolute atomic E-state index is 0.157. The quantitative estimate of drug-likeness (QED) is 0.710. The number of imidazole rings is 1. The molecule has 3 aromatic rings. The Hall–Kier alpha value is -2.40. The molecule has 1 aromatic heterocycles. The van der Waals surface area contributed by atoms with Crippen LogP contribution in [-0.2, 0) is 13.1 Å². The average molecular weight is 315 g/mol. The summed E-state index contributed by atoms with van der Waals surface area (Å²) in [5.41, 5.74) is 2.22. The van der Waals surface area contributed by atoms with Crippen molar-refractivity contribution in [2.45, 2.75) is 26.1 Å². The minimum atomic E-state index is -0.652. The Bertz CT molecular complexity index is 783. The van der Waals surface area contributed by atoms with E-state index < -0.39 is 6.10 Å². The first-order valence-corrected chi connectivity index (χ1v) is 7.71. The SMILES string of the molecule is CCn1c[n+](C[C@H](O)COc2ccc(F)cc2)c2ccccc21. The van der Waals surface area contributed by atoms with Crippen molar-refractivity contribution in [1.29, 1.82) is 0 Å². The monoisotopic (exact) mass is 315 g/mol. The third-order valence-corrected chi connectivity index (χ3v) is 3.78. The van der Waals surface area contributed by atoms with Crippen LogP contribution in [-0.4, -0.2) is 22.4 Å². The third-order valence-electron chi connectivity index (χ3n) is 3.78. The van der Waals surface area contributed by atoms with Crippen molar-refractivity contribution in [3.63, 3.8) is 0 Å². The number of halogens is 1. The second-order valence-corrected chi connectivity index (χ2v) is 5.46. The molecule has 0 saturated carbocycles. The van der Waals surface area contributed by atoms with Gasteiger partial charge in [0, 0.05) is 0 Å². The Kier molecular flexibility index (Phi) is 4.57. The molecule has 0 amide bonds. The fourth-order valence-electron chi connectivity index (χ4n) is 2.64. The molecule has 5 heteroatoms. The van der Waals surface area contributed by atoms with Crippen molar-refractivity contribution in [1.82, 2.24) is 4.57 Å². The zero-order chi connectivity index (χ0) is 16.2. The molecule has 0 saturated heterocycles. The maximum absolute atomic E-state index is 12.8. The fraction of sp³-hybridized carbons (Fsp3) is 0.278. The summed E-state index contributed by atoms with van der Waals surface area (Å²) in [5.74, 6) is 0.243. The van der Waals surface area contributed by atoms with Gasteiger partial charge in [-0.2, -0.15) is 0 Å². The number of aliphatic hydroxyl groups excluding tert-OH is 1. The topological polar surface area (TPSA) is 38.3 Å². The highest BCUT2D eigenvalue weighted by atomic mass is 19.1. The maximum atomic E-state index is 12.8. The van der Waals surface area contributed by atoms with Gasteiger partial charge in [-0.15, -0.1) is 0 Å². The molecule has 0 fully saturated rings. The first kappa shape index (κ1) is 15.5. The van der Waals surface area contributed by atoms with Gasteiger partial charge in [0.1, 0.15) is 30.8 Å². The van der Waals surface area contributed by atoms with E-state index in [-0.39, 0.29) is 12.4 Å². The second-order valence-electron chi connectivity index (χ2n) is 5.46. The lowest BCUT2D eigenvalue weighted by molar-refractivity contribution is -0.679. The van der Waals surface area contributed by atoms with E-state index in [4.69, 9.17) is 4.74 Å². The van der Waals surface area contributed by atoms with Crippen LogP contribution in [0.25, 0.3) is 11.0 Å². The van der Waals surface area contributed by atoms with Gasteiger partial charge in [0.25, 0.3) is 0 Å². The zero-order valence-corrected chi connectivity index (χ0v) is 13.0. The normalized spacial score (nSPS) is 12.5. The molecule has 1 atom stereocenters. The highest BCUT2D eigenvalue weighted by molar-refractivity contribution is 5.71. The van der Waals surface area contributed by atoms with Gasteiger partial charge in [-0.25, -0.2) is 13.5 Å². The Morgan fingerprint density at radius 1 is 1.17 bits per heavy atom. The molecule has 4 nitrogen and oxygen atoms in total. The van der Waals surface area contributed by atoms with E-state index in [1.54, 1.807) is 12.1 Å². The van der Waals surface area contributed by atoms with Gasteiger partial charge in [0.05, 0.1) is 6.54 Å². The largest absolute Gasteiger partial charge is 0.491 e. The number of aliphatic hydroxyl groups is 1. The standard InChI is InChI=1S/C18H20FN2O2/c1-2-20-13-21(18-6-4-3-5-17(18)20)11-15(22)12-23-16-9-7-14(19)8-10-16/h3-10,13,15,22H,2,11-12H2,1H3/q+1/t15-/m0/s1. The molecule has 0 radical (unpaired) electrons. The van der Waals surface area contributed by atoms with Gasteiger partial charge in [-0.1, -0.05) is 12.1 Å². The van der Waals surface area contributed by atoms with Crippen LogP contribution in [0.1, 0.15) is 6.92 Å². The number of hydrogen-bond donors (Lipinski definition) is 1. The molecule has 1 heterocycles. The van der Waals surface area contributed by atoms with Crippen LogP contribution >= 0.6 is 0 Å². The second kappa shape index (κ2) is 6.79. The number of nitrogens with zero attached hydrogens (tertiary/aromatic N) is 2. The van der Waals surface area contributed by atoms with E-state index in [1.165, 1.54) is 12.1 Å². The molecular formula is C18H20FN2O2+. The van der Waals surface area contributed by atoms with Crippen LogP contribution in [0, 0.1) is 5.82 Å². The van der Waals surface area contributed by atoms with E-state index >= 15 is 0 Å². The van der Waals surface area contributed by atoms with Crippen molar-refractivity contribution < 1.29 is 18.8 Å². The zero-order valence-electron chi connectivity index (χ0n) is 13.0. The van der Waals surface area contributed by atoms with Gasteiger partial charge in [-0.3, -0.25) is 0 Å². The molecule has 23 heavy (non-hydrogen) atoms. The Labute approximate surface area is 134 Å². The highest BCUT2D eigenvalue weighted by Gasteiger charge is 2.17. The number of aromatic nitrogens is 2. The predicted molar refractivity (Wildman–Crippen MR) is 85.7 cm³/mol. The summed E-state index contributed by atoms with van der Waals surface area (Å²) in [6.07, 6.45) is 1.35.